The number of benzene rings is 2. The molecule has 6 nitrogen and oxygen atoms in total. The molecule has 2 heterocycles. The number of furan rings is 1. The van der Waals surface area contributed by atoms with Crippen LogP contribution in [0.5, 0.6) is 0 Å². The Balaban J connectivity index is 1.44. The minimum absolute atomic E-state index is 0.0364. The van der Waals surface area contributed by atoms with Gasteiger partial charge in [-0.1, -0.05) is 35.9 Å². The summed E-state index contributed by atoms with van der Waals surface area (Å²) in [5.74, 6) is -0.0364. The Morgan fingerprint density at radius 1 is 1.07 bits per heavy atom. The predicted octanol–water partition coefficient (Wildman–Crippen LogP) is 3.78. The first-order chi connectivity index (χ1) is 14.3. The number of piperazine rings is 1. The molecule has 0 saturated carbocycles. The second kappa shape index (κ2) is 8.06. The predicted molar refractivity (Wildman–Crippen MR) is 116 cm³/mol. The maximum atomic E-state index is 12.9. The number of halogens is 1. The molecule has 8 heteroatoms. The van der Waals surface area contributed by atoms with Gasteiger partial charge in [0.1, 0.15) is 10.5 Å². The Morgan fingerprint density at radius 3 is 2.47 bits per heavy atom. The van der Waals surface area contributed by atoms with E-state index in [1.807, 2.05) is 26.0 Å². The van der Waals surface area contributed by atoms with Crippen LogP contribution in [0.2, 0.25) is 5.02 Å². The number of hydrogen-bond donors (Lipinski definition) is 0. The van der Waals surface area contributed by atoms with Crippen LogP contribution in [-0.4, -0.2) is 49.7 Å². The van der Waals surface area contributed by atoms with Crippen LogP contribution < -0.4 is 0 Å². The number of carbonyl (C=O) groups excluding carboxylic acids is 1. The average molecular weight is 447 g/mol. The summed E-state index contributed by atoms with van der Waals surface area (Å²) < 4.78 is 32.8. The van der Waals surface area contributed by atoms with Gasteiger partial charge in [-0.25, -0.2) is 8.42 Å². The molecule has 1 aliphatic heterocycles. The largest absolute Gasteiger partial charge is 0.464 e. The lowest BCUT2D eigenvalue weighted by Gasteiger charge is -2.34. The van der Waals surface area contributed by atoms with Crippen molar-refractivity contribution in [1.82, 2.24) is 9.21 Å². The first-order valence-corrected chi connectivity index (χ1v) is 11.6. The molecule has 0 unspecified atom stereocenters. The van der Waals surface area contributed by atoms with Crippen LogP contribution in [0.25, 0.3) is 11.0 Å². The van der Waals surface area contributed by atoms with E-state index >= 15 is 0 Å². The molecule has 1 aromatic heterocycles. The normalized spacial score (nSPS) is 15.6. The lowest BCUT2D eigenvalue weighted by molar-refractivity contribution is -0.131. The number of carbonyl (C=O) groups is 1. The molecule has 1 amide bonds. The third-order valence-electron chi connectivity index (χ3n) is 5.73. The van der Waals surface area contributed by atoms with Crippen molar-refractivity contribution < 1.29 is 17.6 Å². The second-order valence-electron chi connectivity index (χ2n) is 7.54. The van der Waals surface area contributed by atoms with E-state index in [9.17, 15) is 13.2 Å². The summed E-state index contributed by atoms with van der Waals surface area (Å²) in [6.45, 7) is 5.20. The smallest absolute Gasteiger partial charge is 0.244 e. The highest BCUT2D eigenvalue weighted by molar-refractivity contribution is 7.89. The molecule has 158 valence electrons. The lowest BCUT2D eigenvalue weighted by Crippen LogP contribution is -2.50. The Hall–Kier alpha value is -2.35. The van der Waals surface area contributed by atoms with E-state index in [2.05, 4.69) is 0 Å². The minimum Gasteiger partial charge on any atom is -0.464 e. The van der Waals surface area contributed by atoms with Gasteiger partial charge in [0.05, 0.1) is 17.7 Å². The highest BCUT2D eigenvalue weighted by Gasteiger charge is 2.31. The molecular weight excluding hydrogens is 424 g/mol. The zero-order chi connectivity index (χ0) is 21.5. The van der Waals surface area contributed by atoms with E-state index < -0.39 is 10.0 Å². The number of fused-ring (bicyclic) bond motifs is 1. The van der Waals surface area contributed by atoms with Crippen molar-refractivity contribution in [2.45, 2.75) is 25.2 Å². The highest BCUT2D eigenvalue weighted by Crippen LogP contribution is 2.28. The van der Waals surface area contributed by atoms with Crippen LogP contribution in [0.3, 0.4) is 0 Å². The molecule has 1 fully saturated rings. The van der Waals surface area contributed by atoms with Gasteiger partial charge in [0.2, 0.25) is 15.9 Å². The van der Waals surface area contributed by atoms with Crippen LogP contribution in [0.4, 0.5) is 0 Å². The fourth-order valence-electron chi connectivity index (χ4n) is 3.77. The van der Waals surface area contributed by atoms with E-state index in [1.54, 1.807) is 29.4 Å². The van der Waals surface area contributed by atoms with E-state index in [-0.39, 0.29) is 35.3 Å². The number of nitrogens with zero attached hydrogens (tertiary/aromatic N) is 2. The minimum atomic E-state index is -3.68. The summed E-state index contributed by atoms with van der Waals surface area (Å²) in [7, 11) is -3.68. The van der Waals surface area contributed by atoms with Crippen molar-refractivity contribution in [2.24, 2.45) is 0 Å². The number of amides is 1. The maximum Gasteiger partial charge on any atom is 0.244 e. The van der Waals surface area contributed by atoms with Crippen LogP contribution in [-0.2, 0) is 21.2 Å². The van der Waals surface area contributed by atoms with E-state index in [0.29, 0.717) is 13.1 Å². The number of rotatable bonds is 4. The summed E-state index contributed by atoms with van der Waals surface area (Å²) in [6, 6.07) is 10.4. The van der Waals surface area contributed by atoms with Gasteiger partial charge in [-0.15, -0.1) is 0 Å². The SMILES string of the molecule is Cc1ccc2c(CC(=O)N3CCN(S(=O)(=O)c4ccccc4Cl)CC3)coc2c1C. The monoisotopic (exact) mass is 446 g/mol. The molecule has 0 N–H and O–H groups in total. The average Bonchev–Trinajstić information content (AvgIpc) is 3.14. The molecule has 2 aromatic carbocycles. The number of hydrogen-bond acceptors (Lipinski definition) is 4. The summed E-state index contributed by atoms with van der Waals surface area (Å²) >= 11 is 6.08. The van der Waals surface area contributed by atoms with Gasteiger partial charge < -0.3 is 9.32 Å². The highest BCUT2D eigenvalue weighted by atomic mass is 35.5. The molecule has 0 aliphatic carbocycles. The Kier molecular flexibility index (Phi) is 5.61. The summed E-state index contributed by atoms with van der Waals surface area (Å²) in [6.07, 6.45) is 1.87. The van der Waals surface area contributed by atoms with Crippen LogP contribution >= 0.6 is 11.6 Å². The van der Waals surface area contributed by atoms with Gasteiger partial charge in [-0.3, -0.25) is 4.79 Å². The van der Waals surface area contributed by atoms with Gasteiger partial charge in [-0.2, -0.15) is 4.31 Å². The van der Waals surface area contributed by atoms with Crippen molar-refractivity contribution in [3.8, 4) is 0 Å². The summed E-state index contributed by atoms with van der Waals surface area (Å²) in [5.41, 5.74) is 3.88. The van der Waals surface area contributed by atoms with Gasteiger partial charge in [0, 0.05) is 37.1 Å². The fourth-order valence-corrected chi connectivity index (χ4v) is 5.69. The molecule has 0 atom stereocenters. The van der Waals surface area contributed by atoms with Crippen LogP contribution in [0, 0.1) is 13.8 Å². The third kappa shape index (κ3) is 3.73. The van der Waals surface area contributed by atoms with Gasteiger partial charge in [0.25, 0.3) is 0 Å². The van der Waals surface area contributed by atoms with E-state index in [1.165, 1.54) is 10.4 Å². The molecule has 4 rings (SSSR count). The molecule has 1 saturated heterocycles. The Morgan fingerprint density at radius 2 is 1.77 bits per heavy atom. The van der Waals surface area contributed by atoms with Gasteiger partial charge in [-0.05, 0) is 37.1 Å². The van der Waals surface area contributed by atoms with Crippen molar-refractivity contribution in [2.75, 3.05) is 26.2 Å². The Labute approximate surface area is 181 Å². The third-order valence-corrected chi connectivity index (χ3v) is 8.13. The standard InChI is InChI=1S/C22H23ClN2O4S/c1-15-7-8-18-17(14-29-22(18)16(15)2)13-21(26)24-9-11-25(12-10-24)30(27,28)20-6-4-3-5-19(20)23/h3-8,14H,9-13H2,1-2H3. The van der Waals surface area contributed by atoms with Gasteiger partial charge in [0.15, 0.2) is 0 Å². The first kappa shape index (κ1) is 20.9. The van der Waals surface area contributed by atoms with Crippen molar-refractivity contribution >= 4 is 38.5 Å². The summed E-state index contributed by atoms with van der Waals surface area (Å²) in [4.78, 5) is 14.6. The zero-order valence-electron chi connectivity index (χ0n) is 16.9. The zero-order valence-corrected chi connectivity index (χ0v) is 18.5. The van der Waals surface area contributed by atoms with Gasteiger partial charge >= 0.3 is 0 Å². The Bertz CT molecular complexity index is 1210. The van der Waals surface area contributed by atoms with Crippen molar-refractivity contribution in [1.29, 1.82) is 0 Å². The lowest BCUT2D eigenvalue weighted by atomic mass is 10.0. The molecule has 30 heavy (non-hydrogen) atoms. The van der Waals surface area contributed by atoms with Crippen molar-refractivity contribution in [3.63, 3.8) is 0 Å². The summed E-state index contributed by atoms with van der Waals surface area (Å²) in [5, 5.41) is 1.15. The van der Waals surface area contributed by atoms with E-state index in [0.717, 1.165) is 27.7 Å². The first-order valence-electron chi connectivity index (χ1n) is 9.78. The molecule has 0 spiro atoms. The molecule has 0 radical (unpaired) electrons. The quantitative estimate of drug-likeness (QED) is 0.611. The van der Waals surface area contributed by atoms with E-state index in [4.69, 9.17) is 16.0 Å². The topological polar surface area (TPSA) is 70.8 Å². The molecule has 0 bridgehead atoms. The second-order valence-corrected chi connectivity index (χ2v) is 9.85. The van der Waals surface area contributed by atoms with Crippen molar-refractivity contribution in [3.05, 3.63) is 64.4 Å². The fraction of sp³-hybridized carbons (Fsp3) is 0.318. The molecule has 3 aromatic rings. The molecular formula is C22H23ClN2O4S. The number of aryl methyl sites for hydroxylation is 2. The number of sulfonamides is 1. The maximum absolute atomic E-state index is 12.9. The van der Waals surface area contributed by atoms with Crippen LogP contribution in [0.1, 0.15) is 16.7 Å². The van der Waals surface area contributed by atoms with Crippen LogP contribution in [0.15, 0.2) is 52.0 Å². The molecule has 1 aliphatic rings.